The van der Waals surface area contributed by atoms with Crippen LogP contribution in [0.4, 0.5) is 0 Å². The van der Waals surface area contributed by atoms with Gasteiger partial charge in [0.25, 0.3) is 0 Å². The highest BCUT2D eigenvalue weighted by molar-refractivity contribution is 7.86. The van der Waals surface area contributed by atoms with Crippen molar-refractivity contribution in [2.75, 3.05) is 5.75 Å². The molecule has 0 aromatic rings. The third-order valence-electron chi connectivity index (χ3n) is 1.59. The summed E-state index contributed by atoms with van der Waals surface area (Å²) in [6, 6.07) is 0. The van der Waals surface area contributed by atoms with E-state index in [9.17, 15) is 9.00 Å². The fourth-order valence-electron chi connectivity index (χ4n) is 0.522. The molecule has 10 heavy (non-hydrogen) atoms. The topological polar surface area (TPSA) is 34.1 Å². The standard InChI is InChI=1S/C7H14O2S/c1-6(2)7(3)10(9)5-4-8/h4,6-7H,5H2,1-3H3. The molecule has 0 saturated carbocycles. The van der Waals surface area contributed by atoms with Gasteiger partial charge < -0.3 is 4.79 Å². The Morgan fingerprint density at radius 1 is 1.40 bits per heavy atom. The van der Waals surface area contributed by atoms with Gasteiger partial charge in [0, 0.05) is 16.0 Å². The van der Waals surface area contributed by atoms with Gasteiger partial charge in [0.05, 0.1) is 5.75 Å². The lowest BCUT2D eigenvalue weighted by Crippen LogP contribution is -2.20. The van der Waals surface area contributed by atoms with E-state index < -0.39 is 10.8 Å². The molecule has 0 aliphatic rings. The first-order valence-electron chi connectivity index (χ1n) is 3.40. The Labute approximate surface area is 64.5 Å². The van der Waals surface area contributed by atoms with Crippen LogP contribution in [-0.2, 0) is 15.6 Å². The van der Waals surface area contributed by atoms with E-state index >= 15 is 0 Å². The Bertz CT molecular complexity index is 132. The quantitative estimate of drug-likeness (QED) is 0.577. The maximum atomic E-state index is 11.1. The molecular weight excluding hydrogens is 148 g/mol. The van der Waals surface area contributed by atoms with Gasteiger partial charge in [-0.15, -0.1) is 0 Å². The summed E-state index contributed by atoms with van der Waals surface area (Å²) in [6.07, 6.45) is 0.717. The molecule has 0 N–H and O–H groups in total. The number of hydrogen-bond acceptors (Lipinski definition) is 2. The second-order valence-electron chi connectivity index (χ2n) is 2.66. The van der Waals surface area contributed by atoms with Crippen LogP contribution in [0, 0.1) is 5.92 Å². The molecule has 0 rings (SSSR count). The van der Waals surface area contributed by atoms with Crippen molar-refractivity contribution in [2.45, 2.75) is 26.0 Å². The first-order chi connectivity index (χ1) is 4.59. The van der Waals surface area contributed by atoms with Crippen molar-refractivity contribution >= 4 is 17.1 Å². The van der Waals surface area contributed by atoms with Gasteiger partial charge in [-0.25, -0.2) is 0 Å². The van der Waals surface area contributed by atoms with Gasteiger partial charge in [0.2, 0.25) is 0 Å². The summed E-state index contributed by atoms with van der Waals surface area (Å²) in [4.78, 5) is 9.95. The fraction of sp³-hybridized carbons (Fsp3) is 0.857. The molecule has 0 aliphatic carbocycles. The van der Waals surface area contributed by atoms with Crippen LogP contribution < -0.4 is 0 Å². The lowest BCUT2D eigenvalue weighted by molar-refractivity contribution is -0.105. The van der Waals surface area contributed by atoms with Crippen LogP contribution in [0.1, 0.15) is 20.8 Å². The van der Waals surface area contributed by atoms with Crippen LogP contribution >= 0.6 is 0 Å². The molecule has 0 spiro atoms. The summed E-state index contributed by atoms with van der Waals surface area (Å²) in [6.45, 7) is 5.92. The van der Waals surface area contributed by atoms with Gasteiger partial charge in [-0.2, -0.15) is 0 Å². The van der Waals surface area contributed by atoms with Crippen molar-refractivity contribution in [3.05, 3.63) is 0 Å². The minimum absolute atomic E-state index is 0.130. The zero-order valence-electron chi connectivity index (χ0n) is 6.66. The first-order valence-corrected chi connectivity index (χ1v) is 4.78. The highest BCUT2D eigenvalue weighted by Gasteiger charge is 2.13. The average Bonchev–Trinajstić information content (AvgIpc) is 1.87. The van der Waals surface area contributed by atoms with Crippen molar-refractivity contribution in [3.8, 4) is 0 Å². The summed E-state index contributed by atoms with van der Waals surface area (Å²) in [5.74, 6) is 0.570. The zero-order valence-corrected chi connectivity index (χ0v) is 7.48. The van der Waals surface area contributed by atoms with Crippen molar-refractivity contribution in [1.29, 1.82) is 0 Å². The Hall–Kier alpha value is -0.180. The Morgan fingerprint density at radius 2 is 1.90 bits per heavy atom. The fourth-order valence-corrected chi connectivity index (χ4v) is 1.57. The Morgan fingerprint density at radius 3 is 2.20 bits per heavy atom. The van der Waals surface area contributed by atoms with Crippen LogP contribution in [0.2, 0.25) is 0 Å². The van der Waals surface area contributed by atoms with Crippen molar-refractivity contribution < 1.29 is 9.00 Å². The van der Waals surface area contributed by atoms with Gasteiger partial charge in [-0.1, -0.05) is 20.8 Å². The van der Waals surface area contributed by atoms with Crippen LogP contribution in [0.3, 0.4) is 0 Å². The minimum atomic E-state index is -0.963. The van der Waals surface area contributed by atoms with Crippen LogP contribution in [0.15, 0.2) is 0 Å². The van der Waals surface area contributed by atoms with Gasteiger partial charge in [0.15, 0.2) is 0 Å². The van der Waals surface area contributed by atoms with Crippen molar-refractivity contribution in [1.82, 2.24) is 0 Å². The predicted octanol–water partition coefficient (Wildman–Crippen LogP) is 0.978. The maximum Gasteiger partial charge on any atom is 0.132 e. The molecule has 0 bridgehead atoms. The summed E-state index contributed by atoms with van der Waals surface area (Å²) < 4.78 is 11.1. The molecule has 60 valence electrons. The number of carbonyl (C=O) groups is 1. The van der Waals surface area contributed by atoms with Gasteiger partial charge in [0.1, 0.15) is 6.29 Å². The van der Waals surface area contributed by atoms with E-state index in [1.807, 2.05) is 20.8 Å². The molecule has 0 radical (unpaired) electrons. The molecule has 2 nitrogen and oxygen atoms in total. The third-order valence-corrected chi connectivity index (χ3v) is 3.42. The molecule has 0 heterocycles. The normalized spacial score (nSPS) is 16.8. The van der Waals surface area contributed by atoms with E-state index in [-0.39, 0.29) is 11.0 Å². The molecule has 0 saturated heterocycles. The van der Waals surface area contributed by atoms with Gasteiger partial charge >= 0.3 is 0 Å². The highest BCUT2D eigenvalue weighted by atomic mass is 32.2. The van der Waals surface area contributed by atoms with E-state index in [0.29, 0.717) is 5.92 Å². The van der Waals surface area contributed by atoms with E-state index in [4.69, 9.17) is 0 Å². The monoisotopic (exact) mass is 162 g/mol. The molecule has 0 aromatic carbocycles. The van der Waals surface area contributed by atoms with Crippen LogP contribution in [0.5, 0.6) is 0 Å². The smallest absolute Gasteiger partial charge is 0.132 e. The predicted molar refractivity (Wildman–Crippen MR) is 43.4 cm³/mol. The van der Waals surface area contributed by atoms with Crippen molar-refractivity contribution in [2.24, 2.45) is 5.92 Å². The Balaban J connectivity index is 3.81. The molecule has 2 unspecified atom stereocenters. The Kier molecular flexibility index (Phi) is 4.52. The number of aldehydes is 1. The molecule has 0 aromatic heterocycles. The molecule has 0 aliphatic heterocycles. The lowest BCUT2D eigenvalue weighted by Gasteiger charge is -2.12. The molecule has 2 atom stereocenters. The summed E-state index contributed by atoms with van der Waals surface area (Å²) in [5, 5.41) is 0.130. The van der Waals surface area contributed by atoms with E-state index in [1.165, 1.54) is 0 Å². The SMILES string of the molecule is CC(C)C(C)S(=O)CC=O. The van der Waals surface area contributed by atoms with Crippen LogP contribution in [0.25, 0.3) is 0 Å². The first kappa shape index (κ1) is 9.82. The average molecular weight is 162 g/mol. The van der Waals surface area contributed by atoms with E-state index in [2.05, 4.69) is 0 Å². The summed E-state index contributed by atoms with van der Waals surface area (Å²) in [7, 11) is -0.963. The molecule has 0 fully saturated rings. The maximum absolute atomic E-state index is 11.1. The minimum Gasteiger partial charge on any atom is -0.302 e. The van der Waals surface area contributed by atoms with Crippen molar-refractivity contribution in [3.63, 3.8) is 0 Å². The zero-order chi connectivity index (χ0) is 8.15. The molecular formula is C7H14O2S. The summed E-state index contributed by atoms with van der Waals surface area (Å²) in [5.41, 5.74) is 0. The number of carbonyl (C=O) groups excluding carboxylic acids is 1. The van der Waals surface area contributed by atoms with E-state index in [1.54, 1.807) is 0 Å². The number of hydrogen-bond donors (Lipinski definition) is 0. The third kappa shape index (κ3) is 3.11. The second-order valence-corrected chi connectivity index (χ2v) is 4.50. The van der Waals surface area contributed by atoms with Crippen LogP contribution in [-0.4, -0.2) is 21.5 Å². The molecule has 3 heteroatoms. The molecule has 0 amide bonds. The summed E-state index contributed by atoms with van der Waals surface area (Å²) >= 11 is 0. The van der Waals surface area contributed by atoms with Gasteiger partial charge in [-0.3, -0.25) is 4.21 Å². The lowest BCUT2D eigenvalue weighted by atomic mass is 10.2. The largest absolute Gasteiger partial charge is 0.302 e. The number of rotatable bonds is 4. The second kappa shape index (κ2) is 4.61. The highest BCUT2D eigenvalue weighted by Crippen LogP contribution is 2.07. The van der Waals surface area contributed by atoms with E-state index in [0.717, 1.165) is 6.29 Å². The van der Waals surface area contributed by atoms with Gasteiger partial charge in [-0.05, 0) is 5.92 Å².